The largest absolute Gasteiger partial charge is 0.462 e. The van der Waals surface area contributed by atoms with Gasteiger partial charge in [0.1, 0.15) is 5.92 Å². The molecule has 1 amide bonds. The number of aromatic amines is 1. The van der Waals surface area contributed by atoms with Gasteiger partial charge in [-0.3, -0.25) is 14.6 Å². The zero-order valence-electron chi connectivity index (χ0n) is 16.6. The van der Waals surface area contributed by atoms with Crippen molar-refractivity contribution in [1.29, 1.82) is 0 Å². The van der Waals surface area contributed by atoms with Crippen LogP contribution in [-0.4, -0.2) is 36.4 Å². The maximum Gasteiger partial charge on any atom is 0.462 e. The number of fused-ring (bicyclic) bond motifs is 2. The standard InChI is InChI=1S/C22H23N6O2/c29-20-15-12-16-18(23-17(15)8-10-27(20)14-6-7-14)9-11-28(21(16)30)22-24-19(25-26-22)13-4-2-1-3-5-13/h8-14,16H,1-7H2,(H,24,25,26)/q+1. The Hall–Kier alpha value is -3.16. The number of pyridine rings is 1. The molecule has 2 aliphatic heterocycles. The molecule has 2 saturated carbocycles. The number of allylic oxidation sites excluding steroid dienone is 1. The average molecular weight is 403 g/mol. The van der Waals surface area contributed by atoms with Crippen LogP contribution in [0, 0.1) is 5.92 Å². The molecule has 2 aliphatic carbocycles. The van der Waals surface area contributed by atoms with Gasteiger partial charge in [0.2, 0.25) is 5.82 Å². The summed E-state index contributed by atoms with van der Waals surface area (Å²) in [6.45, 7) is 0. The lowest BCUT2D eigenvalue weighted by Crippen LogP contribution is -2.48. The maximum absolute atomic E-state index is 13.3. The number of carbonyl (C=O) groups is 1. The molecule has 8 heteroatoms. The highest BCUT2D eigenvalue weighted by molar-refractivity contribution is 5.91. The van der Waals surface area contributed by atoms with E-state index in [0.29, 0.717) is 28.1 Å². The fraction of sp³-hybridized carbons (Fsp3) is 0.455. The van der Waals surface area contributed by atoms with Gasteiger partial charge in [0.15, 0.2) is 0 Å². The van der Waals surface area contributed by atoms with Crippen molar-refractivity contribution < 1.29 is 9.37 Å². The molecule has 0 saturated heterocycles. The molecule has 0 bridgehead atoms. The van der Waals surface area contributed by atoms with E-state index in [0.717, 1.165) is 31.5 Å². The first-order valence-corrected chi connectivity index (χ1v) is 10.8. The SMILES string of the molecule is O=C1C2C=c3c(ccn(C4CC4)c3=O)=NC2=CC=[N+]1c1n[nH]c(C2CCCCC2)n1. The molecular formula is C22H23N6O2+. The summed E-state index contributed by atoms with van der Waals surface area (Å²) in [6.07, 6.45) is 15.0. The van der Waals surface area contributed by atoms with Gasteiger partial charge in [-0.15, -0.1) is 0 Å². The van der Waals surface area contributed by atoms with Gasteiger partial charge in [0.25, 0.3) is 5.56 Å². The summed E-state index contributed by atoms with van der Waals surface area (Å²) in [6, 6.07) is 2.15. The molecular weight excluding hydrogens is 380 g/mol. The second-order valence-corrected chi connectivity index (χ2v) is 8.62. The first-order valence-electron chi connectivity index (χ1n) is 10.8. The van der Waals surface area contributed by atoms with Crippen LogP contribution in [0.25, 0.3) is 6.08 Å². The van der Waals surface area contributed by atoms with Crippen molar-refractivity contribution in [2.24, 2.45) is 10.9 Å². The van der Waals surface area contributed by atoms with Gasteiger partial charge in [-0.1, -0.05) is 19.3 Å². The maximum atomic E-state index is 13.3. The van der Waals surface area contributed by atoms with Crippen LogP contribution in [0.1, 0.15) is 62.7 Å². The lowest BCUT2D eigenvalue weighted by molar-refractivity contribution is -0.373. The van der Waals surface area contributed by atoms with Crippen molar-refractivity contribution in [2.45, 2.75) is 56.9 Å². The van der Waals surface area contributed by atoms with Gasteiger partial charge in [-0.05, 0) is 48.9 Å². The number of amides is 1. The minimum absolute atomic E-state index is 0.0656. The first kappa shape index (κ1) is 17.7. The number of H-pyrrole nitrogens is 1. The third-order valence-corrected chi connectivity index (χ3v) is 6.57. The van der Waals surface area contributed by atoms with E-state index in [9.17, 15) is 9.59 Å². The number of nitrogens with zero attached hydrogens (tertiary/aromatic N) is 5. The van der Waals surface area contributed by atoms with Crippen molar-refractivity contribution >= 4 is 24.1 Å². The third kappa shape index (κ3) is 2.81. The van der Waals surface area contributed by atoms with E-state index in [1.807, 2.05) is 18.3 Å². The van der Waals surface area contributed by atoms with E-state index in [2.05, 4.69) is 20.2 Å². The molecule has 1 atom stereocenters. The topological polar surface area (TPSA) is 96.0 Å². The van der Waals surface area contributed by atoms with Crippen LogP contribution in [0.5, 0.6) is 0 Å². The van der Waals surface area contributed by atoms with Crippen LogP contribution in [0.3, 0.4) is 0 Å². The fourth-order valence-corrected chi connectivity index (χ4v) is 4.72. The molecule has 4 heterocycles. The Morgan fingerprint density at radius 2 is 1.93 bits per heavy atom. The number of hydrogen-bond acceptors (Lipinski definition) is 5. The smallest absolute Gasteiger partial charge is 0.312 e. The molecule has 4 aliphatic rings. The summed E-state index contributed by atoms with van der Waals surface area (Å²) >= 11 is 0. The van der Waals surface area contributed by atoms with Crippen LogP contribution in [0.4, 0.5) is 5.95 Å². The van der Waals surface area contributed by atoms with E-state index in [1.165, 1.54) is 23.8 Å². The van der Waals surface area contributed by atoms with E-state index in [1.54, 1.807) is 16.9 Å². The predicted molar refractivity (Wildman–Crippen MR) is 109 cm³/mol. The van der Waals surface area contributed by atoms with E-state index < -0.39 is 5.92 Å². The van der Waals surface area contributed by atoms with E-state index in [-0.39, 0.29) is 17.5 Å². The Labute approximate surface area is 172 Å². The average Bonchev–Trinajstić information content (AvgIpc) is 3.50. The molecule has 0 aromatic carbocycles. The van der Waals surface area contributed by atoms with Gasteiger partial charge in [0.05, 0.1) is 22.5 Å². The third-order valence-electron chi connectivity index (χ3n) is 6.57. The molecule has 8 nitrogen and oxygen atoms in total. The highest BCUT2D eigenvalue weighted by Crippen LogP contribution is 2.33. The van der Waals surface area contributed by atoms with Gasteiger partial charge in [0, 0.05) is 23.3 Å². The van der Waals surface area contributed by atoms with Crippen molar-refractivity contribution in [3.8, 4) is 0 Å². The van der Waals surface area contributed by atoms with Crippen LogP contribution < -0.4 is 16.1 Å². The Balaban J connectivity index is 1.37. The van der Waals surface area contributed by atoms with Crippen LogP contribution in [-0.2, 0) is 4.79 Å². The Morgan fingerprint density at radius 3 is 2.73 bits per heavy atom. The van der Waals surface area contributed by atoms with E-state index in [4.69, 9.17) is 0 Å². The summed E-state index contributed by atoms with van der Waals surface area (Å²) in [4.78, 5) is 35.4. The van der Waals surface area contributed by atoms with Crippen LogP contribution in [0.15, 0.2) is 33.8 Å². The lowest BCUT2D eigenvalue weighted by Gasteiger charge is -2.18. The Kier molecular flexibility index (Phi) is 3.94. The highest BCUT2D eigenvalue weighted by atomic mass is 16.2. The summed E-state index contributed by atoms with van der Waals surface area (Å²) in [7, 11) is 0. The Bertz CT molecular complexity index is 1290. The van der Waals surface area contributed by atoms with Crippen LogP contribution in [0.2, 0.25) is 0 Å². The van der Waals surface area contributed by atoms with Crippen molar-refractivity contribution in [2.75, 3.05) is 0 Å². The van der Waals surface area contributed by atoms with Gasteiger partial charge in [-0.25, -0.2) is 0 Å². The van der Waals surface area contributed by atoms with Gasteiger partial charge in [-0.2, -0.15) is 9.67 Å². The molecule has 6 rings (SSSR count). The monoisotopic (exact) mass is 403 g/mol. The molecule has 0 radical (unpaired) electrons. The second-order valence-electron chi connectivity index (χ2n) is 8.62. The van der Waals surface area contributed by atoms with Crippen molar-refractivity contribution in [1.82, 2.24) is 19.7 Å². The zero-order valence-corrected chi connectivity index (χ0v) is 16.6. The fourth-order valence-electron chi connectivity index (χ4n) is 4.72. The van der Waals surface area contributed by atoms with Crippen molar-refractivity contribution in [3.63, 3.8) is 0 Å². The zero-order chi connectivity index (χ0) is 20.2. The van der Waals surface area contributed by atoms with Gasteiger partial charge < -0.3 is 4.57 Å². The minimum atomic E-state index is -0.595. The molecule has 1 unspecified atom stereocenters. The summed E-state index contributed by atoms with van der Waals surface area (Å²) in [5.41, 5.74) is 0.583. The van der Waals surface area contributed by atoms with E-state index >= 15 is 0 Å². The number of aromatic nitrogens is 4. The molecule has 0 spiro atoms. The first-order chi connectivity index (χ1) is 14.7. The Morgan fingerprint density at radius 1 is 1.10 bits per heavy atom. The number of carbonyl (C=O) groups excluding carboxylic acids is 1. The predicted octanol–water partition coefficient (Wildman–Crippen LogP) is 1.22. The van der Waals surface area contributed by atoms with Crippen LogP contribution >= 0.6 is 0 Å². The molecule has 2 fully saturated rings. The van der Waals surface area contributed by atoms with Crippen molar-refractivity contribution in [3.05, 3.63) is 50.8 Å². The molecule has 152 valence electrons. The number of nitrogens with one attached hydrogen (secondary N) is 1. The van der Waals surface area contributed by atoms with Gasteiger partial charge >= 0.3 is 11.9 Å². The normalized spacial score (nSPS) is 23.6. The molecule has 2 aromatic rings. The molecule has 2 aromatic heterocycles. The number of hydrogen-bond donors (Lipinski definition) is 1. The minimum Gasteiger partial charge on any atom is -0.312 e. The quantitative estimate of drug-likeness (QED) is 0.780. The summed E-state index contributed by atoms with van der Waals surface area (Å²) in [5, 5.41) is 8.49. The molecule has 1 N–H and O–H groups in total. The second kappa shape index (κ2) is 6.68. The lowest BCUT2D eigenvalue weighted by atomic mass is 9.89. The summed E-state index contributed by atoms with van der Waals surface area (Å²) in [5.74, 6) is 0.823. The molecule has 30 heavy (non-hydrogen) atoms. The number of rotatable bonds is 3. The highest BCUT2D eigenvalue weighted by Gasteiger charge is 2.36. The summed E-state index contributed by atoms with van der Waals surface area (Å²) < 4.78 is 3.23.